The summed E-state index contributed by atoms with van der Waals surface area (Å²) in [6.45, 7) is 0.462. The monoisotopic (exact) mass is 188 g/mol. The van der Waals surface area contributed by atoms with E-state index in [9.17, 15) is 8.42 Å². The van der Waals surface area contributed by atoms with Gasteiger partial charge in [-0.1, -0.05) is 6.08 Å². The summed E-state index contributed by atoms with van der Waals surface area (Å²) in [6, 6.07) is 0.0514. The third kappa shape index (κ3) is 2.09. The first-order valence-corrected chi connectivity index (χ1v) is 5.47. The van der Waals surface area contributed by atoms with E-state index in [1.165, 1.54) is 12.5 Å². The number of rotatable bonds is 2. The third-order valence-corrected chi connectivity index (χ3v) is 2.72. The fourth-order valence-corrected chi connectivity index (χ4v) is 1.49. The van der Waals surface area contributed by atoms with Crippen molar-refractivity contribution in [2.75, 3.05) is 12.8 Å². The molecule has 1 rings (SSSR count). The second-order valence-corrected chi connectivity index (χ2v) is 4.70. The molecule has 0 aromatic rings. The van der Waals surface area contributed by atoms with Crippen LogP contribution in [0.25, 0.3) is 0 Å². The minimum Gasteiger partial charge on any atom is -0.382 e. The highest BCUT2D eigenvalue weighted by molar-refractivity contribution is 7.94. The third-order valence-electron chi connectivity index (χ3n) is 1.61. The molecule has 5 heteroatoms. The summed E-state index contributed by atoms with van der Waals surface area (Å²) in [6.07, 6.45) is 5.97. The molecule has 0 aliphatic carbocycles. The molecule has 0 radical (unpaired) electrons. The molecule has 1 aliphatic heterocycles. The Balaban J connectivity index is 2.78. The van der Waals surface area contributed by atoms with Gasteiger partial charge in [-0.05, 0) is 6.08 Å². The average molecular weight is 188 g/mol. The minimum atomic E-state index is -3.09. The lowest BCUT2D eigenvalue weighted by Gasteiger charge is -2.15. The van der Waals surface area contributed by atoms with Crippen LogP contribution in [0.2, 0.25) is 0 Å². The molecule has 3 N–H and O–H groups in total. The van der Waals surface area contributed by atoms with E-state index in [4.69, 9.17) is 5.73 Å². The van der Waals surface area contributed by atoms with Crippen LogP contribution in [0.5, 0.6) is 0 Å². The smallest absolute Gasteiger partial charge is 0.176 e. The lowest BCUT2D eigenvalue weighted by atomic mass is 10.2. The zero-order chi connectivity index (χ0) is 9.19. The van der Waals surface area contributed by atoms with Crippen LogP contribution in [0, 0.1) is 0 Å². The summed E-state index contributed by atoms with van der Waals surface area (Å²) >= 11 is 0. The van der Waals surface area contributed by atoms with Gasteiger partial charge in [0.1, 0.15) is 0 Å². The van der Waals surface area contributed by atoms with Crippen molar-refractivity contribution < 1.29 is 8.42 Å². The highest BCUT2D eigenvalue weighted by Gasteiger charge is 2.12. The van der Waals surface area contributed by atoms with Gasteiger partial charge in [0.05, 0.1) is 10.9 Å². The van der Waals surface area contributed by atoms with E-state index in [-0.39, 0.29) is 6.04 Å². The van der Waals surface area contributed by atoms with Gasteiger partial charge in [0.15, 0.2) is 9.84 Å². The Bertz CT molecular complexity index is 316. The summed E-state index contributed by atoms with van der Waals surface area (Å²) in [5.41, 5.74) is 5.37. The molecule has 1 heterocycles. The highest BCUT2D eigenvalue weighted by atomic mass is 32.2. The first-order chi connectivity index (χ1) is 5.54. The molecule has 68 valence electrons. The number of hydrogen-bond acceptors (Lipinski definition) is 4. The van der Waals surface area contributed by atoms with E-state index in [0.717, 1.165) is 0 Å². The fourth-order valence-electron chi connectivity index (χ4n) is 0.881. The highest BCUT2D eigenvalue weighted by Crippen LogP contribution is 2.09. The van der Waals surface area contributed by atoms with Crippen LogP contribution in [0.3, 0.4) is 0 Å². The van der Waals surface area contributed by atoms with Crippen LogP contribution in [-0.2, 0) is 9.84 Å². The maximum absolute atomic E-state index is 11.0. The molecule has 0 aromatic carbocycles. The largest absolute Gasteiger partial charge is 0.382 e. The lowest BCUT2D eigenvalue weighted by molar-refractivity contribution is 0.606. The molecule has 0 saturated carbocycles. The van der Waals surface area contributed by atoms with Crippen molar-refractivity contribution in [2.24, 2.45) is 5.73 Å². The maximum Gasteiger partial charge on any atom is 0.176 e. The van der Waals surface area contributed by atoms with Gasteiger partial charge in [0, 0.05) is 19.0 Å². The molecule has 1 atom stereocenters. The molecule has 0 spiro atoms. The second-order valence-electron chi connectivity index (χ2n) is 2.69. The molecule has 0 aromatic heterocycles. The Morgan fingerprint density at radius 3 is 2.67 bits per heavy atom. The summed E-state index contributed by atoms with van der Waals surface area (Å²) in [7, 11) is -3.09. The summed E-state index contributed by atoms with van der Waals surface area (Å²) < 4.78 is 22.0. The quantitative estimate of drug-likeness (QED) is 0.604. The van der Waals surface area contributed by atoms with Gasteiger partial charge in [-0.15, -0.1) is 0 Å². The van der Waals surface area contributed by atoms with Crippen molar-refractivity contribution in [1.82, 2.24) is 5.32 Å². The standard InChI is InChI=1S/C7H12N2O2S/c1-12(10,11)7-3-2-6(4-8)9-5-7/h2-3,5-6,9H,4,8H2,1H3. The van der Waals surface area contributed by atoms with Gasteiger partial charge in [0.2, 0.25) is 0 Å². The average Bonchev–Trinajstić information content (AvgIpc) is 2.03. The van der Waals surface area contributed by atoms with Crippen molar-refractivity contribution in [3.05, 3.63) is 23.3 Å². The number of nitrogens with two attached hydrogens (primary N) is 1. The van der Waals surface area contributed by atoms with Crippen molar-refractivity contribution in [3.8, 4) is 0 Å². The van der Waals surface area contributed by atoms with Crippen LogP contribution >= 0.6 is 0 Å². The van der Waals surface area contributed by atoms with Gasteiger partial charge >= 0.3 is 0 Å². The Morgan fingerprint density at radius 1 is 1.67 bits per heavy atom. The number of nitrogens with one attached hydrogen (secondary N) is 1. The van der Waals surface area contributed by atoms with E-state index in [1.54, 1.807) is 12.2 Å². The van der Waals surface area contributed by atoms with Crippen molar-refractivity contribution >= 4 is 9.84 Å². The van der Waals surface area contributed by atoms with Crippen LogP contribution in [0.1, 0.15) is 0 Å². The van der Waals surface area contributed by atoms with Crippen LogP contribution in [-0.4, -0.2) is 27.3 Å². The van der Waals surface area contributed by atoms with Crippen LogP contribution in [0.15, 0.2) is 23.3 Å². The van der Waals surface area contributed by atoms with Gasteiger partial charge in [0.25, 0.3) is 0 Å². The summed E-state index contributed by atoms with van der Waals surface area (Å²) in [5.74, 6) is 0. The van der Waals surface area contributed by atoms with Crippen molar-refractivity contribution in [2.45, 2.75) is 6.04 Å². The molecule has 0 bridgehead atoms. The SMILES string of the molecule is CS(=O)(=O)C1=CNC(CN)C=C1. The first kappa shape index (κ1) is 9.28. The summed E-state index contributed by atoms with van der Waals surface area (Å²) in [4.78, 5) is 0.298. The molecule has 4 nitrogen and oxygen atoms in total. The second kappa shape index (κ2) is 3.28. The first-order valence-electron chi connectivity index (χ1n) is 3.58. The zero-order valence-electron chi connectivity index (χ0n) is 6.82. The van der Waals surface area contributed by atoms with Gasteiger partial charge in [-0.2, -0.15) is 0 Å². The lowest BCUT2D eigenvalue weighted by Crippen LogP contribution is -2.33. The molecule has 0 fully saturated rings. The molecule has 12 heavy (non-hydrogen) atoms. The van der Waals surface area contributed by atoms with Crippen molar-refractivity contribution in [3.63, 3.8) is 0 Å². The van der Waals surface area contributed by atoms with E-state index >= 15 is 0 Å². The molecule has 0 amide bonds. The van der Waals surface area contributed by atoms with E-state index < -0.39 is 9.84 Å². The normalized spacial score (nSPS) is 23.2. The van der Waals surface area contributed by atoms with Gasteiger partial charge < -0.3 is 11.1 Å². The van der Waals surface area contributed by atoms with Crippen LogP contribution < -0.4 is 11.1 Å². The molecule has 0 saturated heterocycles. The van der Waals surface area contributed by atoms with Crippen LogP contribution in [0.4, 0.5) is 0 Å². The number of sulfone groups is 1. The number of hydrogen-bond donors (Lipinski definition) is 2. The Hall–Kier alpha value is -0.810. The maximum atomic E-state index is 11.0. The molecular formula is C7H12N2O2S. The Kier molecular flexibility index (Phi) is 2.54. The fraction of sp³-hybridized carbons (Fsp3) is 0.429. The van der Waals surface area contributed by atoms with E-state index in [2.05, 4.69) is 5.32 Å². The molecule has 1 aliphatic rings. The van der Waals surface area contributed by atoms with Gasteiger partial charge in [-0.25, -0.2) is 8.42 Å². The topological polar surface area (TPSA) is 72.2 Å². The van der Waals surface area contributed by atoms with E-state index in [1.807, 2.05) is 0 Å². The minimum absolute atomic E-state index is 0.0514. The Labute approximate surface area is 72.1 Å². The van der Waals surface area contributed by atoms with E-state index in [0.29, 0.717) is 11.4 Å². The molecule has 1 unspecified atom stereocenters. The summed E-state index contributed by atoms with van der Waals surface area (Å²) in [5, 5.41) is 2.87. The zero-order valence-corrected chi connectivity index (χ0v) is 7.64. The number of allylic oxidation sites excluding steroid dienone is 1. The Morgan fingerprint density at radius 2 is 2.33 bits per heavy atom. The molecular weight excluding hydrogens is 176 g/mol. The predicted octanol–water partition coefficient (Wildman–Crippen LogP) is -0.641. The van der Waals surface area contributed by atoms with Crippen molar-refractivity contribution in [1.29, 1.82) is 0 Å². The predicted molar refractivity (Wildman–Crippen MR) is 48.0 cm³/mol. The number of dihydropyridines is 1. The van der Waals surface area contributed by atoms with Gasteiger partial charge in [-0.3, -0.25) is 0 Å².